The number of methoxy groups -OCH3 is 2. The van der Waals surface area contributed by atoms with Crippen molar-refractivity contribution in [2.75, 3.05) is 14.2 Å². The van der Waals surface area contributed by atoms with Gasteiger partial charge in [0.25, 0.3) is 0 Å². The molecule has 3 rings (SSSR count). The van der Waals surface area contributed by atoms with Crippen LogP contribution in [0.5, 0.6) is 11.5 Å². The van der Waals surface area contributed by atoms with Gasteiger partial charge in [-0.3, -0.25) is 4.98 Å². The lowest BCUT2D eigenvalue weighted by Gasteiger charge is -2.33. The Hall–Kier alpha value is -2.07. The molecule has 0 fully saturated rings. The van der Waals surface area contributed by atoms with E-state index in [2.05, 4.69) is 35.4 Å². The first kappa shape index (κ1) is 14.9. The van der Waals surface area contributed by atoms with Crippen LogP contribution in [-0.2, 0) is 6.42 Å². The lowest BCUT2D eigenvalue weighted by Crippen LogP contribution is -2.39. The zero-order valence-electron chi connectivity index (χ0n) is 13.3. The standard InChI is InChI=1S/C18H22N2O2/c1-4-14-8-13-9-16(21-2)17(22-3)10-15(13)18(20-14)12-6-5-7-19-11-12/h5-7,9-11,14,18,20H,4,8H2,1-3H3. The highest BCUT2D eigenvalue weighted by atomic mass is 16.5. The van der Waals surface area contributed by atoms with Crippen molar-refractivity contribution in [1.82, 2.24) is 10.3 Å². The third kappa shape index (κ3) is 2.66. The number of hydrogen-bond acceptors (Lipinski definition) is 4. The maximum absolute atomic E-state index is 5.47. The van der Waals surface area contributed by atoms with Gasteiger partial charge in [-0.05, 0) is 47.7 Å². The fraction of sp³-hybridized carbons (Fsp3) is 0.389. The SMILES string of the molecule is CCC1Cc2cc(OC)c(OC)cc2C(c2cccnc2)N1. The van der Waals surface area contributed by atoms with Gasteiger partial charge in [-0.2, -0.15) is 0 Å². The van der Waals surface area contributed by atoms with Gasteiger partial charge in [0, 0.05) is 18.4 Å². The van der Waals surface area contributed by atoms with Gasteiger partial charge in [0.15, 0.2) is 11.5 Å². The van der Waals surface area contributed by atoms with Gasteiger partial charge in [-0.1, -0.05) is 13.0 Å². The summed E-state index contributed by atoms with van der Waals surface area (Å²) in [5, 5.41) is 3.73. The topological polar surface area (TPSA) is 43.4 Å². The molecule has 1 aromatic carbocycles. The Bertz CT molecular complexity index is 643. The predicted octanol–water partition coefficient (Wildman–Crippen LogP) is 3.11. The normalized spacial score (nSPS) is 20.3. The Morgan fingerprint density at radius 1 is 1.23 bits per heavy atom. The van der Waals surface area contributed by atoms with Crippen molar-refractivity contribution in [2.45, 2.75) is 31.8 Å². The van der Waals surface area contributed by atoms with Gasteiger partial charge in [0.1, 0.15) is 0 Å². The van der Waals surface area contributed by atoms with E-state index in [0.29, 0.717) is 6.04 Å². The van der Waals surface area contributed by atoms with E-state index in [1.807, 2.05) is 12.3 Å². The molecule has 2 atom stereocenters. The average Bonchev–Trinajstić information content (AvgIpc) is 2.60. The molecule has 0 bridgehead atoms. The number of ether oxygens (including phenoxy) is 2. The van der Waals surface area contributed by atoms with Crippen molar-refractivity contribution in [3.8, 4) is 11.5 Å². The molecule has 0 radical (unpaired) electrons. The summed E-state index contributed by atoms with van der Waals surface area (Å²) in [6.07, 6.45) is 5.82. The Balaban J connectivity index is 2.10. The predicted molar refractivity (Wildman–Crippen MR) is 86.5 cm³/mol. The summed E-state index contributed by atoms with van der Waals surface area (Å²) in [6, 6.07) is 8.89. The van der Waals surface area contributed by atoms with Crippen LogP contribution in [0.25, 0.3) is 0 Å². The van der Waals surface area contributed by atoms with Gasteiger partial charge >= 0.3 is 0 Å². The molecule has 22 heavy (non-hydrogen) atoms. The number of benzene rings is 1. The van der Waals surface area contributed by atoms with Crippen LogP contribution in [0.3, 0.4) is 0 Å². The first-order valence-electron chi connectivity index (χ1n) is 7.67. The Morgan fingerprint density at radius 2 is 2.00 bits per heavy atom. The van der Waals surface area contributed by atoms with Gasteiger partial charge < -0.3 is 14.8 Å². The van der Waals surface area contributed by atoms with Gasteiger partial charge in [-0.25, -0.2) is 0 Å². The highest BCUT2D eigenvalue weighted by Gasteiger charge is 2.28. The van der Waals surface area contributed by atoms with Crippen LogP contribution in [0.1, 0.15) is 36.1 Å². The zero-order chi connectivity index (χ0) is 15.5. The molecule has 0 aliphatic carbocycles. The molecule has 1 aliphatic heterocycles. The van der Waals surface area contributed by atoms with Crippen LogP contribution in [0.4, 0.5) is 0 Å². The van der Waals surface area contributed by atoms with Crippen molar-refractivity contribution in [3.63, 3.8) is 0 Å². The fourth-order valence-corrected chi connectivity index (χ4v) is 3.12. The molecule has 4 nitrogen and oxygen atoms in total. The molecule has 1 N–H and O–H groups in total. The van der Waals surface area contributed by atoms with Crippen LogP contribution in [0, 0.1) is 0 Å². The minimum Gasteiger partial charge on any atom is -0.493 e. The molecule has 0 spiro atoms. The van der Waals surface area contributed by atoms with Crippen molar-refractivity contribution < 1.29 is 9.47 Å². The van der Waals surface area contributed by atoms with Gasteiger partial charge in [0.05, 0.1) is 20.3 Å². The second-order valence-electron chi connectivity index (χ2n) is 5.60. The Morgan fingerprint density at radius 3 is 2.64 bits per heavy atom. The molecular formula is C18H22N2O2. The monoisotopic (exact) mass is 298 g/mol. The first-order chi connectivity index (χ1) is 10.8. The largest absolute Gasteiger partial charge is 0.493 e. The summed E-state index contributed by atoms with van der Waals surface area (Å²) < 4.78 is 10.9. The third-order valence-corrected chi connectivity index (χ3v) is 4.34. The van der Waals surface area contributed by atoms with E-state index in [9.17, 15) is 0 Å². The van der Waals surface area contributed by atoms with E-state index in [1.54, 1.807) is 20.4 Å². The Kier molecular flexibility index (Phi) is 4.29. The fourth-order valence-electron chi connectivity index (χ4n) is 3.12. The van der Waals surface area contributed by atoms with E-state index >= 15 is 0 Å². The molecule has 2 aromatic rings. The van der Waals surface area contributed by atoms with Crippen molar-refractivity contribution >= 4 is 0 Å². The van der Waals surface area contributed by atoms with E-state index in [-0.39, 0.29) is 6.04 Å². The number of nitrogens with zero attached hydrogens (tertiary/aromatic N) is 1. The molecule has 0 amide bonds. The molecule has 116 valence electrons. The number of nitrogens with one attached hydrogen (secondary N) is 1. The van der Waals surface area contributed by atoms with E-state index < -0.39 is 0 Å². The van der Waals surface area contributed by atoms with Crippen LogP contribution >= 0.6 is 0 Å². The van der Waals surface area contributed by atoms with Crippen molar-refractivity contribution in [2.24, 2.45) is 0 Å². The molecule has 2 unspecified atom stereocenters. The number of fused-ring (bicyclic) bond motifs is 1. The van der Waals surface area contributed by atoms with Crippen LogP contribution in [0.2, 0.25) is 0 Å². The molecule has 2 heterocycles. The number of aromatic nitrogens is 1. The lowest BCUT2D eigenvalue weighted by molar-refractivity contribution is 0.350. The van der Waals surface area contributed by atoms with Crippen molar-refractivity contribution in [3.05, 3.63) is 53.3 Å². The summed E-state index contributed by atoms with van der Waals surface area (Å²) in [7, 11) is 3.36. The van der Waals surface area contributed by atoms with Gasteiger partial charge in [0.2, 0.25) is 0 Å². The second-order valence-corrected chi connectivity index (χ2v) is 5.60. The molecule has 0 saturated heterocycles. The Labute approximate surface area is 131 Å². The van der Waals surface area contributed by atoms with E-state index in [1.165, 1.54) is 16.7 Å². The smallest absolute Gasteiger partial charge is 0.161 e. The molecule has 4 heteroatoms. The summed E-state index contributed by atoms with van der Waals surface area (Å²) in [5.41, 5.74) is 3.74. The van der Waals surface area contributed by atoms with E-state index in [0.717, 1.165) is 24.3 Å². The maximum Gasteiger partial charge on any atom is 0.161 e. The maximum atomic E-state index is 5.47. The summed E-state index contributed by atoms with van der Waals surface area (Å²) >= 11 is 0. The third-order valence-electron chi connectivity index (χ3n) is 4.34. The number of pyridine rings is 1. The van der Waals surface area contributed by atoms with Crippen LogP contribution in [0.15, 0.2) is 36.7 Å². The minimum atomic E-state index is 0.141. The average molecular weight is 298 g/mol. The lowest BCUT2D eigenvalue weighted by atomic mass is 9.86. The second kappa shape index (κ2) is 6.36. The highest BCUT2D eigenvalue weighted by Crippen LogP contribution is 2.38. The van der Waals surface area contributed by atoms with Crippen LogP contribution < -0.4 is 14.8 Å². The highest BCUT2D eigenvalue weighted by molar-refractivity contribution is 5.51. The summed E-state index contributed by atoms with van der Waals surface area (Å²) in [4.78, 5) is 4.26. The summed E-state index contributed by atoms with van der Waals surface area (Å²) in [5.74, 6) is 1.56. The molecule has 0 saturated carbocycles. The van der Waals surface area contributed by atoms with Crippen molar-refractivity contribution in [1.29, 1.82) is 0 Å². The molecule has 1 aliphatic rings. The zero-order valence-corrected chi connectivity index (χ0v) is 13.3. The minimum absolute atomic E-state index is 0.141. The number of rotatable bonds is 4. The molecule has 1 aromatic heterocycles. The molecular weight excluding hydrogens is 276 g/mol. The van der Waals surface area contributed by atoms with Crippen LogP contribution in [-0.4, -0.2) is 25.2 Å². The van der Waals surface area contributed by atoms with E-state index in [4.69, 9.17) is 9.47 Å². The summed E-state index contributed by atoms with van der Waals surface area (Å²) in [6.45, 7) is 2.21. The number of hydrogen-bond donors (Lipinski definition) is 1. The quantitative estimate of drug-likeness (QED) is 0.942. The first-order valence-corrected chi connectivity index (χ1v) is 7.67. The van der Waals surface area contributed by atoms with Gasteiger partial charge in [-0.15, -0.1) is 0 Å².